The van der Waals surface area contributed by atoms with Gasteiger partial charge in [0.1, 0.15) is 18.1 Å². The zero-order valence-corrected chi connectivity index (χ0v) is 13.2. The van der Waals surface area contributed by atoms with E-state index >= 15 is 0 Å². The molecular weight excluding hydrogens is 306 g/mol. The number of imidazole rings is 1. The Hall–Kier alpha value is -3.20. The number of rotatable bonds is 4. The number of aromatic nitrogens is 2. The summed E-state index contributed by atoms with van der Waals surface area (Å²) in [4.78, 5) is 4.69. The van der Waals surface area contributed by atoms with Crippen molar-refractivity contribution in [3.8, 4) is 23.3 Å². The second-order valence-electron chi connectivity index (χ2n) is 5.49. The van der Waals surface area contributed by atoms with Gasteiger partial charge < -0.3 is 18.8 Å². The molecule has 0 amide bonds. The maximum Gasteiger partial charge on any atom is 0.231 e. The van der Waals surface area contributed by atoms with Crippen LogP contribution in [0, 0.1) is 11.3 Å². The van der Waals surface area contributed by atoms with Gasteiger partial charge in [0.05, 0.1) is 24.2 Å². The Kier molecular flexibility index (Phi) is 3.47. The van der Waals surface area contributed by atoms with Crippen molar-refractivity contribution in [3.05, 3.63) is 47.8 Å². The molecule has 0 atom stereocenters. The van der Waals surface area contributed by atoms with Gasteiger partial charge in [0.25, 0.3) is 0 Å². The Bertz CT molecular complexity index is 939. The average molecular weight is 321 g/mol. The van der Waals surface area contributed by atoms with Crippen molar-refractivity contribution in [2.24, 2.45) is 0 Å². The number of hydrogen-bond donors (Lipinski definition) is 0. The first-order chi connectivity index (χ1) is 11.8. The largest absolute Gasteiger partial charge is 0.497 e. The van der Waals surface area contributed by atoms with E-state index in [1.165, 1.54) is 0 Å². The molecule has 2 heterocycles. The van der Waals surface area contributed by atoms with Crippen LogP contribution in [0.2, 0.25) is 0 Å². The maximum atomic E-state index is 9.18. The van der Waals surface area contributed by atoms with Crippen LogP contribution in [0.5, 0.6) is 17.2 Å². The summed E-state index contributed by atoms with van der Waals surface area (Å²) in [5.74, 6) is 3.04. The smallest absolute Gasteiger partial charge is 0.231 e. The Labute approximate surface area is 138 Å². The van der Waals surface area contributed by atoms with Gasteiger partial charge in [-0.3, -0.25) is 0 Å². The average Bonchev–Trinajstić information content (AvgIpc) is 3.18. The van der Waals surface area contributed by atoms with E-state index in [9.17, 15) is 5.26 Å². The molecule has 0 aliphatic carbocycles. The van der Waals surface area contributed by atoms with E-state index in [1.807, 2.05) is 41.0 Å². The van der Waals surface area contributed by atoms with Crippen molar-refractivity contribution in [1.82, 2.24) is 9.55 Å². The molecule has 1 aliphatic rings. The van der Waals surface area contributed by atoms with Crippen molar-refractivity contribution in [3.63, 3.8) is 0 Å². The third kappa shape index (κ3) is 2.40. The summed E-state index contributed by atoms with van der Waals surface area (Å²) in [6, 6.07) is 13.8. The van der Waals surface area contributed by atoms with Gasteiger partial charge >= 0.3 is 0 Å². The van der Waals surface area contributed by atoms with Crippen molar-refractivity contribution >= 4 is 11.0 Å². The van der Waals surface area contributed by atoms with Crippen LogP contribution >= 0.6 is 0 Å². The van der Waals surface area contributed by atoms with Gasteiger partial charge in [-0.15, -0.1) is 0 Å². The SMILES string of the molecule is COc1ccc(Cc2nc3cc4c(cc3n2CC#N)OCO4)cc1. The fourth-order valence-electron chi connectivity index (χ4n) is 2.87. The maximum absolute atomic E-state index is 9.18. The van der Waals surface area contributed by atoms with Crippen molar-refractivity contribution in [1.29, 1.82) is 5.26 Å². The Morgan fingerprint density at radius 3 is 2.67 bits per heavy atom. The minimum atomic E-state index is 0.221. The van der Waals surface area contributed by atoms with E-state index in [-0.39, 0.29) is 13.3 Å². The number of nitrogens with zero attached hydrogens (tertiary/aromatic N) is 3. The predicted molar refractivity (Wildman–Crippen MR) is 87.3 cm³/mol. The van der Waals surface area contributed by atoms with E-state index in [4.69, 9.17) is 19.2 Å². The molecule has 1 aliphatic heterocycles. The number of fused-ring (bicyclic) bond motifs is 2. The summed E-state index contributed by atoms with van der Waals surface area (Å²) in [6.45, 7) is 0.459. The molecule has 0 N–H and O–H groups in total. The zero-order valence-electron chi connectivity index (χ0n) is 13.2. The molecule has 0 saturated heterocycles. The number of ether oxygens (including phenoxy) is 3. The van der Waals surface area contributed by atoms with E-state index < -0.39 is 0 Å². The number of benzene rings is 2. The van der Waals surface area contributed by atoms with Gasteiger partial charge in [0.2, 0.25) is 6.79 Å². The predicted octanol–water partition coefficient (Wildman–Crippen LogP) is 2.89. The Morgan fingerprint density at radius 2 is 1.96 bits per heavy atom. The molecule has 120 valence electrons. The second-order valence-corrected chi connectivity index (χ2v) is 5.49. The molecule has 6 nitrogen and oxygen atoms in total. The fraction of sp³-hybridized carbons (Fsp3) is 0.222. The molecule has 4 rings (SSSR count). The third-order valence-electron chi connectivity index (χ3n) is 4.07. The molecule has 1 aromatic heterocycles. The van der Waals surface area contributed by atoms with E-state index in [2.05, 4.69) is 6.07 Å². The van der Waals surface area contributed by atoms with Crippen LogP contribution in [0.4, 0.5) is 0 Å². The standard InChI is InChI=1S/C18H15N3O3/c1-22-13-4-2-12(3-5-13)8-18-20-14-9-16-17(24-11-23-16)10-15(14)21(18)7-6-19/h2-5,9-10H,7-8,11H2,1H3. The van der Waals surface area contributed by atoms with Crippen LogP contribution in [0.15, 0.2) is 36.4 Å². The van der Waals surface area contributed by atoms with Crippen molar-refractivity contribution in [2.75, 3.05) is 13.9 Å². The molecular formula is C18H15N3O3. The van der Waals surface area contributed by atoms with Crippen LogP contribution in [0.1, 0.15) is 11.4 Å². The highest BCUT2D eigenvalue weighted by atomic mass is 16.7. The molecule has 0 saturated carbocycles. The van der Waals surface area contributed by atoms with E-state index in [0.29, 0.717) is 17.9 Å². The number of methoxy groups -OCH3 is 1. The quantitative estimate of drug-likeness (QED) is 0.739. The molecule has 0 unspecified atom stereocenters. The molecule has 0 spiro atoms. The molecule has 2 aromatic carbocycles. The van der Waals surface area contributed by atoms with Crippen LogP contribution in [-0.4, -0.2) is 23.5 Å². The highest BCUT2D eigenvalue weighted by Crippen LogP contribution is 2.36. The lowest BCUT2D eigenvalue weighted by Gasteiger charge is -2.06. The fourth-order valence-corrected chi connectivity index (χ4v) is 2.87. The monoisotopic (exact) mass is 321 g/mol. The summed E-state index contributed by atoms with van der Waals surface area (Å²) < 4.78 is 17.9. The summed E-state index contributed by atoms with van der Waals surface area (Å²) in [6.07, 6.45) is 0.632. The zero-order chi connectivity index (χ0) is 16.5. The van der Waals surface area contributed by atoms with Crippen LogP contribution in [0.25, 0.3) is 11.0 Å². The van der Waals surface area contributed by atoms with Gasteiger partial charge in [0.15, 0.2) is 11.5 Å². The van der Waals surface area contributed by atoms with Crippen LogP contribution < -0.4 is 14.2 Å². The summed E-state index contributed by atoms with van der Waals surface area (Å²) in [5.41, 5.74) is 2.78. The normalized spacial score (nSPS) is 12.3. The number of hydrogen-bond acceptors (Lipinski definition) is 5. The van der Waals surface area contributed by atoms with Gasteiger partial charge in [-0.2, -0.15) is 5.26 Å². The third-order valence-corrected chi connectivity index (χ3v) is 4.07. The first kappa shape index (κ1) is 14.4. The van der Waals surface area contributed by atoms with E-state index in [1.54, 1.807) is 7.11 Å². The van der Waals surface area contributed by atoms with Crippen molar-refractivity contribution < 1.29 is 14.2 Å². The first-order valence-electron chi connectivity index (χ1n) is 7.57. The Morgan fingerprint density at radius 1 is 1.21 bits per heavy atom. The van der Waals surface area contributed by atoms with Gasteiger partial charge in [-0.1, -0.05) is 12.1 Å². The minimum Gasteiger partial charge on any atom is -0.497 e. The van der Waals surface area contributed by atoms with Gasteiger partial charge in [0, 0.05) is 18.6 Å². The lowest BCUT2D eigenvalue weighted by molar-refractivity contribution is 0.174. The molecule has 0 fully saturated rings. The molecule has 0 bridgehead atoms. The second kappa shape index (κ2) is 5.78. The highest BCUT2D eigenvalue weighted by Gasteiger charge is 2.19. The lowest BCUT2D eigenvalue weighted by Crippen LogP contribution is -2.03. The lowest BCUT2D eigenvalue weighted by atomic mass is 10.1. The molecule has 6 heteroatoms. The molecule has 0 radical (unpaired) electrons. The van der Waals surface area contributed by atoms with Crippen molar-refractivity contribution in [2.45, 2.75) is 13.0 Å². The topological polar surface area (TPSA) is 69.3 Å². The van der Waals surface area contributed by atoms with Crippen LogP contribution in [-0.2, 0) is 13.0 Å². The van der Waals surface area contributed by atoms with E-state index in [0.717, 1.165) is 28.2 Å². The first-order valence-corrected chi connectivity index (χ1v) is 7.57. The van der Waals surface area contributed by atoms with Gasteiger partial charge in [-0.05, 0) is 17.7 Å². The molecule has 24 heavy (non-hydrogen) atoms. The molecule has 3 aromatic rings. The summed E-state index contributed by atoms with van der Waals surface area (Å²) in [5, 5.41) is 9.18. The number of nitriles is 1. The Balaban J connectivity index is 1.76. The highest BCUT2D eigenvalue weighted by molar-refractivity contribution is 5.81. The minimum absolute atomic E-state index is 0.221. The summed E-state index contributed by atoms with van der Waals surface area (Å²) >= 11 is 0. The summed E-state index contributed by atoms with van der Waals surface area (Å²) in [7, 11) is 1.64. The van der Waals surface area contributed by atoms with Crippen LogP contribution in [0.3, 0.4) is 0 Å². The van der Waals surface area contributed by atoms with Gasteiger partial charge in [-0.25, -0.2) is 4.98 Å².